The van der Waals surface area contributed by atoms with Gasteiger partial charge in [0.05, 0.1) is 0 Å². The summed E-state index contributed by atoms with van der Waals surface area (Å²) >= 11 is 2.10. The summed E-state index contributed by atoms with van der Waals surface area (Å²) < 4.78 is 0. The van der Waals surface area contributed by atoms with Crippen LogP contribution in [0.2, 0.25) is 0 Å². The highest BCUT2D eigenvalue weighted by atomic mass is 32.2. The first-order valence-electron chi connectivity index (χ1n) is 7.28. The molecular formula is C14H28N2S. The Bertz CT molecular complexity index is 234. The van der Waals surface area contributed by atoms with Crippen LogP contribution in [0.1, 0.15) is 39.5 Å². The van der Waals surface area contributed by atoms with Crippen LogP contribution in [0.25, 0.3) is 0 Å². The molecule has 0 aromatic carbocycles. The van der Waals surface area contributed by atoms with E-state index in [2.05, 4.69) is 30.5 Å². The summed E-state index contributed by atoms with van der Waals surface area (Å²) in [5.74, 6) is 4.30. The summed E-state index contributed by atoms with van der Waals surface area (Å²) in [4.78, 5) is 2.68. The Labute approximate surface area is 111 Å². The van der Waals surface area contributed by atoms with E-state index in [1.54, 1.807) is 0 Å². The second-order valence-electron chi connectivity index (χ2n) is 5.93. The van der Waals surface area contributed by atoms with Gasteiger partial charge in [0, 0.05) is 36.7 Å². The number of rotatable bonds is 3. The van der Waals surface area contributed by atoms with Gasteiger partial charge in [0.15, 0.2) is 0 Å². The molecule has 4 atom stereocenters. The number of thioether (sulfide) groups is 1. The molecule has 2 fully saturated rings. The fraction of sp³-hybridized carbons (Fsp3) is 1.00. The minimum atomic E-state index is 0.458. The second kappa shape index (κ2) is 6.44. The number of hydrogen-bond acceptors (Lipinski definition) is 3. The normalized spacial score (nSPS) is 40.4. The van der Waals surface area contributed by atoms with Crippen LogP contribution >= 0.6 is 11.8 Å². The Morgan fingerprint density at radius 3 is 2.88 bits per heavy atom. The monoisotopic (exact) mass is 256 g/mol. The molecule has 0 spiro atoms. The Balaban J connectivity index is 1.87. The number of hydrogen-bond donors (Lipinski definition) is 1. The molecule has 0 aromatic rings. The van der Waals surface area contributed by atoms with Crippen molar-refractivity contribution in [3.05, 3.63) is 0 Å². The first-order valence-corrected chi connectivity index (χ1v) is 8.43. The second-order valence-corrected chi connectivity index (χ2v) is 7.08. The predicted molar refractivity (Wildman–Crippen MR) is 77.5 cm³/mol. The van der Waals surface area contributed by atoms with Crippen molar-refractivity contribution in [2.24, 2.45) is 17.6 Å². The third-order valence-electron chi connectivity index (χ3n) is 4.70. The van der Waals surface area contributed by atoms with Crippen molar-refractivity contribution in [2.75, 3.05) is 24.6 Å². The van der Waals surface area contributed by atoms with Crippen LogP contribution in [-0.2, 0) is 0 Å². The zero-order valence-corrected chi connectivity index (χ0v) is 12.2. The van der Waals surface area contributed by atoms with Crippen LogP contribution in [0.4, 0.5) is 0 Å². The van der Waals surface area contributed by atoms with Gasteiger partial charge in [0.2, 0.25) is 0 Å². The zero-order chi connectivity index (χ0) is 12.3. The van der Waals surface area contributed by atoms with Crippen molar-refractivity contribution in [3.8, 4) is 0 Å². The van der Waals surface area contributed by atoms with Gasteiger partial charge in [0.1, 0.15) is 0 Å². The van der Waals surface area contributed by atoms with Gasteiger partial charge in [-0.1, -0.05) is 13.3 Å². The molecule has 3 heteroatoms. The van der Waals surface area contributed by atoms with E-state index >= 15 is 0 Å². The van der Waals surface area contributed by atoms with Gasteiger partial charge in [0.25, 0.3) is 0 Å². The quantitative estimate of drug-likeness (QED) is 0.841. The van der Waals surface area contributed by atoms with E-state index < -0.39 is 0 Å². The van der Waals surface area contributed by atoms with E-state index in [9.17, 15) is 0 Å². The fourth-order valence-electron chi connectivity index (χ4n) is 3.30. The Morgan fingerprint density at radius 2 is 2.18 bits per heavy atom. The lowest BCUT2D eigenvalue weighted by molar-refractivity contribution is 0.136. The lowest BCUT2D eigenvalue weighted by Gasteiger charge is -2.40. The minimum absolute atomic E-state index is 0.458. The van der Waals surface area contributed by atoms with Gasteiger partial charge in [-0.2, -0.15) is 11.8 Å². The lowest BCUT2D eigenvalue weighted by atomic mass is 9.77. The summed E-state index contributed by atoms with van der Waals surface area (Å²) in [6.45, 7) is 7.22. The molecule has 1 saturated carbocycles. The molecule has 2 rings (SSSR count). The first kappa shape index (κ1) is 13.7. The zero-order valence-electron chi connectivity index (χ0n) is 11.4. The van der Waals surface area contributed by atoms with Crippen LogP contribution in [0.5, 0.6) is 0 Å². The molecule has 2 nitrogen and oxygen atoms in total. The first-order chi connectivity index (χ1) is 8.20. The van der Waals surface area contributed by atoms with Gasteiger partial charge in [-0.05, 0) is 38.0 Å². The van der Waals surface area contributed by atoms with Crippen molar-refractivity contribution in [1.29, 1.82) is 0 Å². The Kier molecular flexibility index (Phi) is 5.19. The highest BCUT2D eigenvalue weighted by Crippen LogP contribution is 2.31. The fourth-order valence-corrected chi connectivity index (χ4v) is 4.38. The summed E-state index contributed by atoms with van der Waals surface area (Å²) in [5, 5.41) is 0. The molecule has 1 aliphatic carbocycles. The summed E-state index contributed by atoms with van der Waals surface area (Å²) in [6.07, 6.45) is 5.32. The maximum atomic E-state index is 6.33. The van der Waals surface area contributed by atoms with E-state index in [-0.39, 0.29) is 0 Å². The third kappa shape index (κ3) is 3.62. The molecule has 1 aliphatic heterocycles. The SMILES string of the molecule is CCC1CCC(N)C(CN2CCSCC2C)C1. The van der Waals surface area contributed by atoms with Crippen molar-refractivity contribution < 1.29 is 0 Å². The van der Waals surface area contributed by atoms with Crippen molar-refractivity contribution in [1.82, 2.24) is 4.90 Å². The van der Waals surface area contributed by atoms with Crippen molar-refractivity contribution >= 4 is 11.8 Å². The molecule has 1 saturated heterocycles. The van der Waals surface area contributed by atoms with Gasteiger partial charge < -0.3 is 5.73 Å². The van der Waals surface area contributed by atoms with E-state index in [1.807, 2.05) is 0 Å². The van der Waals surface area contributed by atoms with Crippen molar-refractivity contribution in [3.63, 3.8) is 0 Å². The van der Waals surface area contributed by atoms with Gasteiger partial charge in [-0.3, -0.25) is 4.90 Å². The molecule has 0 radical (unpaired) electrons. The molecular weight excluding hydrogens is 228 g/mol. The summed E-state index contributed by atoms with van der Waals surface area (Å²) in [7, 11) is 0. The summed E-state index contributed by atoms with van der Waals surface area (Å²) in [6, 6.07) is 1.21. The molecule has 0 aromatic heterocycles. The van der Waals surface area contributed by atoms with Crippen LogP contribution in [-0.4, -0.2) is 41.6 Å². The van der Waals surface area contributed by atoms with Crippen LogP contribution in [0, 0.1) is 11.8 Å². The molecule has 4 unspecified atom stereocenters. The minimum Gasteiger partial charge on any atom is -0.327 e. The molecule has 0 bridgehead atoms. The highest BCUT2D eigenvalue weighted by Gasteiger charge is 2.30. The van der Waals surface area contributed by atoms with Crippen LogP contribution in [0.3, 0.4) is 0 Å². The van der Waals surface area contributed by atoms with E-state index in [1.165, 1.54) is 50.3 Å². The lowest BCUT2D eigenvalue weighted by Crippen LogP contribution is -2.48. The largest absolute Gasteiger partial charge is 0.327 e. The van der Waals surface area contributed by atoms with E-state index in [0.717, 1.165) is 17.9 Å². The van der Waals surface area contributed by atoms with Crippen molar-refractivity contribution in [2.45, 2.75) is 51.6 Å². The number of nitrogens with two attached hydrogens (primary N) is 1. The maximum absolute atomic E-state index is 6.33. The average molecular weight is 256 g/mol. The summed E-state index contributed by atoms with van der Waals surface area (Å²) in [5.41, 5.74) is 6.33. The average Bonchev–Trinajstić information content (AvgIpc) is 2.35. The van der Waals surface area contributed by atoms with E-state index in [4.69, 9.17) is 5.73 Å². The molecule has 2 N–H and O–H groups in total. The van der Waals surface area contributed by atoms with Gasteiger partial charge in [-0.15, -0.1) is 0 Å². The van der Waals surface area contributed by atoms with Crippen LogP contribution in [0.15, 0.2) is 0 Å². The smallest absolute Gasteiger partial charge is 0.0158 e. The topological polar surface area (TPSA) is 29.3 Å². The molecule has 0 amide bonds. The number of nitrogens with zero attached hydrogens (tertiary/aromatic N) is 1. The van der Waals surface area contributed by atoms with E-state index in [0.29, 0.717) is 6.04 Å². The Morgan fingerprint density at radius 1 is 1.35 bits per heavy atom. The molecule has 1 heterocycles. The standard InChI is InChI=1S/C14H28N2S/c1-3-12-4-5-14(15)13(8-12)9-16-6-7-17-10-11(16)2/h11-14H,3-10,15H2,1-2H3. The Hall–Kier alpha value is 0.270. The molecule has 2 aliphatic rings. The maximum Gasteiger partial charge on any atom is 0.0158 e. The third-order valence-corrected chi connectivity index (χ3v) is 5.89. The molecule has 17 heavy (non-hydrogen) atoms. The predicted octanol–water partition coefficient (Wildman–Crippen LogP) is 2.58. The highest BCUT2D eigenvalue weighted by molar-refractivity contribution is 7.99. The van der Waals surface area contributed by atoms with Gasteiger partial charge >= 0.3 is 0 Å². The molecule has 100 valence electrons. The van der Waals surface area contributed by atoms with Crippen LogP contribution < -0.4 is 5.73 Å². The van der Waals surface area contributed by atoms with Gasteiger partial charge in [-0.25, -0.2) is 0 Å².